The molecule has 3 rings (SSSR count). The second kappa shape index (κ2) is 7.24. The molecule has 0 aromatic rings. The lowest BCUT2D eigenvalue weighted by molar-refractivity contribution is -0.0928. The first-order valence-electron chi connectivity index (χ1n) is 10.2. The molecule has 0 aromatic heterocycles. The van der Waals surface area contributed by atoms with Crippen molar-refractivity contribution in [2.45, 2.75) is 85.2 Å². The van der Waals surface area contributed by atoms with Gasteiger partial charge in [-0.1, -0.05) is 47.0 Å². The lowest BCUT2D eigenvalue weighted by atomic mass is 9.65. The van der Waals surface area contributed by atoms with Gasteiger partial charge in [-0.25, -0.2) is 0 Å². The van der Waals surface area contributed by atoms with Crippen molar-refractivity contribution >= 4 is 0 Å². The first-order valence-corrected chi connectivity index (χ1v) is 10.2. The normalized spacial score (nSPS) is 50.7. The fourth-order valence-corrected chi connectivity index (χ4v) is 5.67. The van der Waals surface area contributed by atoms with Crippen LogP contribution in [0.5, 0.6) is 0 Å². The molecule has 5 unspecified atom stereocenters. The van der Waals surface area contributed by atoms with Gasteiger partial charge in [0.25, 0.3) is 0 Å². The van der Waals surface area contributed by atoms with Gasteiger partial charge in [-0.2, -0.15) is 0 Å². The molecule has 1 heteroatoms. The summed E-state index contributed by atoms with van der Waals surface area (Å²) in [5, 5.41) is 0. The molecule has 0 bridgehead atoms. The Hall–Kier alpha value is -0.0400. The summed E-state index contributed by atoms with van der Waals surface area (Å²) in [5.41, 5.74) is 0. The topological polar surface area (TPSA) is 9.23 Å². The van der Waals surface area contributed by atoms with Gasteiger partial charge in [0.1, 0.15) is 0 Å². The minimum absolute atomic E-state index is 0.573. The zero-order chi connectivity index (χ0) is 15.7. The summed E-state index contributed by atoms with van der Waals surface area (Å²) in [6, 6.07) is 0. The predicted molar refractivity (Wildman–Crippen MR) is 93.8 cm³/mol. The molecule has 3 fully saturated rings. The zero-order valence-corrected chi connectivity index (χ0v) is 15.4. The van der Waals surface area contributed by atoms with Crippen molar-refractivity contribution < 1.29 is 4.74 Å². The highest BCUT2D eigenvalue weighted by Gasteiger charge is 2.39. The van der Waals surface area contributed by atoms with E-state index < -0.39 is 0 Å². The molecule has 1 heterocycles. The van der Waals surface area contributed by atoms with Crippen LogP contribution in [0.2, 0.25) is 0 Å². The lowest BCUT2D eigenvalue weighted by Gasteiger charge is -2.45. The van der Waals surface area contributed by atoms with Crippen LogP contribution >= 0.6 is 0 Å². The maximum Gasteiger partial charge on any atom is 0.0606 e. The highest BCUT2D eigenvalue weighted by Crippen LogP contribution is 2.44. The monoisotopic (exact) mass is 306 g/mol. The molecular weight excluding hydrogens is 268 g/mol. The molecule has 2 aliphatic carbocycles. The number of hydrogen-bond donors (Lipinski definition) is 0. The molecule has 2 saturated carbocycles. The summed E-state index contributed by atoms with van der Waals surface area (Å²) < 4.78 is 6.46. The van der Waals surface area contributed by atoms with Crippen LogP contribution < -0.4 is 0 Å². The minimum atomic E-state index is 0.573. The number of hydrogen-bond acceptors (Lipinski definition) is 1. The van der Waals surface area contributed by atoms with Crippen LogP contribution in [0, 0.1) is 41.4 Å². The first kappa shape index (κ1) is 16.8. The van der Waals surface area contributed by atoms with E-state index in [0.717, 1.165) is 48.0 Å². The van der Waals surface area contributed by atoms with Gasteiger partial charge >= 0.3 is 0 Å². The largest absolute Gasteiger partial charge is 0.378 e. The van der Waals surface area contributed by atoms with E-state index in [2.05, 4.69) is 27.7 Å². The molecule has 0 amide bonds. The van der Waals surface area contributed by atoms with Crippen molar-refractivity contribution in [1.82, 2.24) is 0 Å². The average molecular weight is 307 g/mol. The van der Waals surface area contributed by atoms with Crippen LogP contribution in [0.3, 0.4) is 0 Å². The zero-order valence-electron chi connectivity index (χ0n) is 15.4. The highest BCUT2D eigenvalue weighted by atomic mass is 16.5. The summed E-state index contributed by atoms with van der Waals surface area (Å²) >= 11 is 0. The Labute approximate surface area is 138 Å². The van der Waals surface area contributed by atoms with Crippen LogP contribution in [0.4, 0.5) is 0 Å². The van der Waals surface area contributed by atoms with Gasteiger partial charge in [-0.15, -0.1) is 0 Å². The fourth-order valence-electron chi connectivity index (χ4n) is 5.67. The van der Waals surface area contributed by atoms with Crippen molar-refractivity contribution in [3.8, 4) is 0 Å². The molecule has 0 spiro atoms. The van der Waals surface area contributed by atoms with Gasteiger partial charge in [0.2, 0.25) is 0 Å². The van der Waals surface area contributed by atoms with E-state index in [1.807, 2.05) is 0 Å². The molecule has 22 heavy (non-hydrogen) atoms. The predicted octanol–water partition coefficient (Wildman–Crippen LogP) is 5.93. The first-order chi connectivity index (χ1) is 10.6. The van der Waals surface area contributed by atoms with Crippen LogP contribution in [0.1, 0.15) is 79.1 Å². The summed E-state index contributed by atoms with van der Waals surface area (Å²) in [6.45, 7) is 10.9. The Morgan fingerprint density at radius 3 is 1.95 bits per heavy atom. The lowest BCUT2D eigenvalue weighted by Crippen LogP contribution is -2.42. The number of rotatable bonds is 2. The Morgan fingerprint density at radius 2 is 1.32 bits per heavy atom. The second-order valence-electron chi connectivity index (χ2n) is 9.17. The highest BCUT2D eigenvalue weighted by molar-refractivity contribution is 4.88. The Kier molecular flexibility index (Phi) is 5.53. The average Bonchev–Trinajstić information content (AvgIpc) is 2.54. The minimum Gasteiger partial charge on any atom is -0.378 e. The maximum atomic E-state index is 6.46. The quantitative estimate of drug-likeness (QED) is 0.614. The molecule has 128 valence electrons. The van der Waals surface area contributed by atoms with Crippen molar-refractivity contribution in [3.05, 3.63) is 0 Å². The summed E-state index contributed by atoms with van der Waals surface area (Å²) in [5.74, 6) is 6.28. The standard InChI is InChI=1S/C21H38O/c1-14-5-8-18(9-6-14)19-10-12-21(22-13-19)20-11-7-15(2)16(3)17(20)4/h14-21H,5-13H2,1-4H3/t14?,15?,16?,17?,18?,19?,20?,21-/m0/s1. The Bertz CT molecular complexity index is 336. The molecule has 3 aliphatic rings. The van der Waals surface area contributed by atoms with Gasteiger partial charge in [0.15, 0.2) is 0 Å². The van der Waals surface area contributed by atoms with Gasteiger partial charge in [-0.3, -0.25) is 0 Å². The van der Waals surface area contributed by atoms with Gasteiger partial charge in [0.05, 0.1) is 12.7 Å². The van der Waals surface area contributed by atoms with Crippen LogP contribution in [-0.4, -0.2) is 12.7 Å². The van der Waals surface area contributed by atoms with Crippen molar-refractivity contribution in [3.63, 3.8) is 0 Å². The van der Waals surface area contributed by atoms with E-state index in [-0.39, 0.29) is 0 Å². The molecule has 1 nitrogen and oxygen atoms in total. The molecule has 0 radical (unpaired) electrons. The molecule has 1 aliphatic heterocycles. The maximum absolute atomic E-state index is 6.46. The van der Waals surface area contributed by atoms with E-state index in [9.17, 15) is 0 Å². The van der Waals surface area contributed by atoms with Crippen molar-refractivity contribution in [2.75, 3.05) is 6.61 Å². The van der Waals surface area contributed by atoms with Crippen molar-refractivity contribution in [1.29, 1.82) is 0 Å². The van der Waals surface area contributed by atoms with E-state index in [1.54, 1.807) is 0 Å². The van der Waals surface area contributed by atoms with Gasteiger partial charge < -0.3 is 4.74 Å². The summed E-state index contributed by atoms with van der Waals surface area (Å²) in [6.07, 6.45) is 12.0. The SMILES string of the molecule is CC1CCC(C2CC[C@@H](C3CCC(C)C(C)C3C)OC2)CC1. The second-order valence-corrected chi connectivity index (χ2v) is 9.17. The van der Waals surface area contributed by atoms with Gasteiger partial charge in [-0.05, 0) is 73.5 Å². The van der Waals surface area contributed by atoms with E-state index in [0.29, 0.717) is 6.10 Å². The smallest absolute Gasteiger partial charge is 0.0606 e. The Morgan fingerprint density at radius 1 is 0.636 bits per heavy atom. The van der Waals surface area contributed by atoms with Crippen LogP contribution in [0.25, 0.3) is 0 Å². The van der Waals surface area contributed by atoms with Crippen LogP contribution in [0.15, 0.2) is 0 Å². The van der Waals surface area contributed by atoms with E-state index >= 15 is 0 Å². The van der Waals surface area contributed by atoms with E-state index in [1.165, 1.54) is 51.4 Å². The summed E-state index contributed by atoms with van der Waals surface area (Å²) in [4.78, 5) is 0. The Balaban J connectivity index is 1.49. The molecule has 0 N–H and O–H groups in total. The van der Waals surface area contributed by atoms with Crippen molar-refractivity contribution in [2.24, 2.45) is 41.4 Å². The third-order valence-corrected chi connectivity index (χ3v) is 7.91. The van der Waals surface area contributed by atoms with Crippen LogP contribution in [-0.2, 0) is 4.74 Å². The molecule has 6 atom stereocenters. The van der Waals surface area contributed by atoms with Gasteiger partial charge in [0, 0.05) is 0 Å². The third-order valence-electron chi connectivity index (χ3n) is 7.91. The van der Waals surface area contributed by atoms with E-state index in [4.69, 9.17) is 4.74 Å². The third kappa shape index (κ3) is 3.55. The molecular formula is C21H38O. The fraction of sp³-hybridized carbons (Fsp3) is 1.00. The molecule has 1 saturated heterocycles. The number of ether oxygens (including phenoxy) is 1. The summed E-state index contributed by atoms with van der Waals surface area (Å²) in [7, 11) is 0. The molecule has 0 aromatic carbocycles.